The molecular weight excluding hydrogens is 480 g/mol. The molecule has 2 nitrogen and oxygen atoms in total. The van der Waals surface area contributed by atoms with Crippen LogP contribution in [0, 0.1) is 0 Å². The molecule has 6 aromatic rings. The lowest BCUT2D eigenvalue weighted by Crippen LogP contribution is -1.95. The Labute approximate surface area is 214 Å². The van der Waals surface area contributed by atoms with Crippen LogP contribution in [0.1, 0.15) is 0 Å². The topological polar surface area (TPSA) is 34.1 Å². The number of hydrogen-bond acceptors (Lipinski definition) is 3. The van der Waals surface area contributed by atoms with Crippen molar-refractivity contribution in [2.24, 2.45) is 0 Å². The molecule has 0 N–H and O–H groups in total. The molecule has 0 unspecified atom stereocenters. The number of rotatable bonds is 5. The van der Waals surface area contributed by atoms with Crippen LogP contribution in [0.4, 0.5) is 0 Å². The predicted octanol–water partition coefficient (Wildman–Crippen LogP) is 8.81. The average Bonchev–Trinajstić information content (AvgIpc) is 2.92. The summed E-state index contributed by atoms with van der Waals surface area (Å²) in [5.41, 5.74) is 4.48. The zero-order chi connectivity index (χ0) is 24.5. The Morgan fingerprint density at radius 1 is 0.472 bits per heavy atom. The summed E-state index contributed by atoms with van der Waals surface area (Å²) in [4.78, 5) is 1.01. The Bertz CT molecular complexity index is 1810. The van der Waals surface area contributed by atoms with Gasteiger partial charge < -0.3 is 0 Å². The summed E-state index contributed by atoms with van der Waals surface area (Å²) >= 11 is 0. The van der Waals surface area contributed by atoms with Crippen LogP contribution in [0.3, 0.4) is 0 Å². The van der Waals surface area contributed by atoms with Gasteiger partial charge in [-0.2, -0.15) is 0 Å². The molecule has 6 aromatic carbocycles. The molecule has 174 valence electrons. The van der Waals surface area contributed by atoms with Gasteiger partial charge in [0, 0.05) is 15.7 Å². The second-order valence-corrected chi connectivity index (χ2v) is 12.5. The Balaban J connectivity index is 1.34. The van der Waals surface area contributed by atoms with Crippen molar-refractivity contribution in [3.63, 3.8) is 0 Å². The summed E-state index contributed by atoms with van der Waals surface area (Å²) in [6.45, 7) is 0. The largest absolute Gasteiger partial charge is 0.234 e. The molecule has 0 aliphatic heterocycles. The minimum atomic E-state index is -3.60. The molecule has 36 heavy (non-hydrogen) atoms. The van der Waals surface area contributed by atoms with Crippen molar-refractivity contribution in [3.8, 4) is 22.3 Å². The molecule has 0 aliphatic rings. The molecule has 6 rings (SSSR count). The molecule has 0 fully saturated rings. The van der Waals surface area contributed by atoms with Crippen molar-refractivity contribution in [1.82, 2.24) is 0 Å². The van der Waals surface area contributed by atoms with Crippen LogP contribution in [0.25, 0.3) is 43.8 Å². The number of fused-ring (bicyclic) bond motifs is 2. The first-order chi connectivity index (χ1) is 17.6. The zero-order valence-corrected chi connectivity index (χ0v) is 21.0. The fourth-order valence-electron chi connectivity index (χ4n) is 4.64. The van der Waals surface area contributed by atoms with Gasteiger partial charge in [0.15, 0.2) is 0 Å². The first kappa shape index (κ1) is 22.6. The maximum atomic E-state index is 13.4. The van der Waals surface area contributed by atoms with Crippen molar-refractivity contribution in [2.75, 3.05) is 0 Å². The smallest absolute Gasteiger partial charge is 0.212 e. The van der Waals surface area contributed by atoms with Crippen molar-refractivity contribution in [3.05, 3.63) is 133 Å². The third-order valence-electron chi connectivity index (χ3n) is 6.37. The van der Waals surface area contributed by atoms with Crippen LogP contribution in [0.2, 0.25) is 0 Å². The van der Waals surface area contributed by atoms with Crippen molar-refractivity contribution in [2.45, 2.75) is 9.79 Å². The molecule has 0 amide bonds. The van der Waals surface area contributed by atoms with Gasteiger partial charge in [-0.1, -0.05) is 109 Å². The monoisotopic (exact) mass is 502 g/mol. The van der Waals surface area contributed by atoms with E-state index < -0.39 is 8.87 Å². The highest BCUT2D eigenvalue weighted by Gasteiger charge is 2.18. The second kappa shape index (κ2) is 9.30. The van der Waals surface area contributed by atoms with E-state index in [0.717, 1.165) is 54.6 Å². The second-order valence-electron chi connectivity index (χ2n) is 8.65. The third-order valence-corrected chi connectivity index (χ3v) is 9.68. The minimum Gasteiger partial charge on any atom is -0.212 e. The molecule has 0 heterocycles. The molecule has 0 saturated heterocycles. The number of hydrogen-bond donors (Lipinski definition) is 0. The summed E-state index contributed by atoms with van der Waals surface area (Å²) in [6, 6.07) is 43.8. The van der Waals surface area contributed by atoms with Crippen molar-refractivity contribution < 1.29 is 8.42 Å². The molecule has 0 aromatic heterocycles. The van der Waals surface area contributed by atoms with E-state index in [1.54, 1.807) is 12.1 Å². The average molecular weight is 503 g/mol. The molecule has 0 spiro atoms. The van der Waals surface area contributed by atoms with Gasteiger partial charge in [-0.05, 0) is 68.1 Å². The van der Waals surface area contributed by atoms with Gasteiger partial charge in [0.25, 0.3) is 0 Å². The predicted molar refractivity (Wildman–Crippen MR) is 152 cm³/mol. The van der Waals surface area contributed by atoms with Crippen LogP contribution < -0.4 is 0 Å². The van der Waals surface area contributed by atoms with E-state index in [9.17, 15) is 8.42 Å². The first-order valence-electron chi connectivity index (χ1n) is 11.7. The highest BCUT2D eigenvalue weighted by molar-refractivity contribution is 8.72. The fourth-order valence-corrected chi connectivity index (χ4v) is 7.47. The van der Waals surface area contributed by atoms with E-state index in [2.05, 4.69) is 36.4 Å². The van der Waals surface area contributed by atoms with E-state index in [4.69, 9.17) is 0 Å². The van der Waals surface area contributed by atoms with E-state index in [-0.39, 0.29) is 0 Å². The highest BCUT2D eigenvalue weighted by Crippen LogP contribution is 2.37. The summed E-state index contributed by atoms with van der Waals surface area (Å²) in [5, 5.41) is 4.06. The molecule has 4 heteroatoms. The van der Waals surface area contributed by atoms with E-state index in [0.29, 0.717) is 9.79 Å². The number of benzene rings is 6. The molecule has 0 atom stereocenters. The first-order valence-corrected chi connectivity index (χ1v) is 14.5. The van der Waals surface area contributed by atoms with Crippen LogP contribution in [0.15, 0.2) is 143 Å². The third kappa shape index (κ3) is 4.30. The van der Waals surface area contributed by atoms with Crippen molar-refractivity contribution in [1.29, 1.82) is 0 Å². The van der Waals surface area contributed by atoms with Gasteiger partial charge in [-0.15, -0.1) is 0 Å². The molecule has 0 bridgehead atoms. The van der Waals surface area contributed by atoms with Gasteiger partial charge in [0.1, 0.15) is 0 Å². The van der Waals surface area contributed by atoms with Gasteiger partial charge in [-0.25, -0.2) is 8.42 Å². The molecular formula is C32H22O2S2. The Kier molecular flexibility index (Phi) is 5.84. The van der Waals surface area contributed by atoms with E-state index >= 15 is 0 Å². The van der Waals surface area contributed by atoms with Crippen molar-refractivity contribution >= 4 is 41.2 Å². The summed E-state index contributed by atoms with van der Waals surface area (Å²) in [6.07, 6.45) is 0. The quantitative estimate of drug-likeness (QED) is 0.221. The van der Waals surface area contributed by atoms with E-state index in [1.165, 1.54) is 0 Å². The summed E-state index contributed by atoms with van der Waals surface area (Å²) in [5.74, 6) is 0. The lowest BCUT2D eigenvalue weighted by Gasteiger charge is -2.11. The van der Waals surface area contributed by atoms with Gasteiger partial charge in [0.05, 0.1) is 4.90 Å². The molecule has 0 radical (unpaired) electrons. The summed E-state index contributed by atoms with van der Waals surface area (Å²) in [7, 11) is -2.70. The van der Waals surface area contributed by atoms with Gasteiger partial charge >= 0.3 is 0 Å². The normalized spacial score (nSPS) is 11.7. The maximum absolute atomic E-state index is 13.4. The standard InChI is InChI=1S/C32H22O2S2/c33-36(34,28-18-20-32-26(22-28)14-8-16-30(32)24-11-5-2-6-12-24)35-27-17-19-31-25(21-27)13-7-15-29(31)23-9-3-1-4-10-23/h1-22H. The van der Waals surface area contributed by atoms with Crippen LogP contribution in [-0.2, 0) is 8.87 Å². The zero-order valence-electron chi connectivity index (χ0n) is 19.3. The molecule has 0 aliphatic carbocycles. The van der Waals surface area contributed by atoms with Crippen LogP contribution >= 0.6 is 10.8 Å². The maximum Gasteiger partial charge on any atom is 0.234 e. The van der Waals surface area contributed by atoms with Crippen LogP contribution in [-0.4, -0.2) is 8.42 Å². The van der Waals surface area contributed by atoms with E-state index in [1.807, 2.05) is 84.9 Å². The fraction of sp³-hybridized carbons (Fsp3) is 0. The highest BCUT2D eigenvalue weighted by atomic mass is 33.1. The Morgan fingerprint density at radius 2 is 1.00 bits per heavy atom. The van der Waals surface area contributed by atoms with Gasteiger partial charge in [0.2, 0.25) is 8.87 Å². The lowest BCUT2D eigenvalue weighted by atomic mass is 9.98. The van der Waals surface area contributed by atoms with Crippen LogP contribution in [0.5, 0.6) is 0 Å². The Hall–Kier alpha value is -3.86. The lowest BCUT2D eigenvalue weighted by molar-refractivity contribution is 0.610. The SMILES string of the molecule is O=S(=O)(Sc1ccc2c(-c3ccccc3)cccc2c1)c1ccc2c(-c3ccccc3)cccc2c1. The Morgan fingerprint density at radius 3 is 1.58 bits per heavy atom. The molecule has 0 saturated carbocycles. The summed E-state index contributed by atoms with van der Waals surface area (Å²) < 4.78 is 26.8. The minimum absolute atomic E-state index is 0.309. The van der Waals surface area contributed by atoms with Gasteiger partial charge in [-0.3, -0.25) is 0 Å².